The molecular weight excluding hydrogens is 402 g/mol. The maximum Gasteiger partial charge on any atom is 0.433 e. The first kappa shape index (κ1) is 20.1. The number of amides is 1. The highest BCUT2D eigenvalue weighted by Gasteiger charge is 2.19. The third-order valence-electron chi connectivity index (χ3n) is 3.80. The Hall–Kier alpha value is -3.66. The van der Waals surface area contributed by atoms with Gasteiger partial charge in [0.15, 0.2) is 5.76 Å². The molecule has 0 aliphatic heterocycles. The summed E-state index contributed by atoms with van der Waals surface area (Å²) < 4.78 is 11.5. The smallest absolute Gasteiger partial charge is 0.433 e. The van der Waals surface area contributed by atoms with Crippen molar-refractivity contribution in [3.8, 4) is 17.1 Å². The van der Waals surface area contributed by atoms with Crippen LogP contribution in [0, 0.1) is 17.0 Å². The van der Waals surface area contributed by atoms with Crippen LogP contribution >= 0.6 is 11.6 Å². The number of aryl methyl sites for hydroxylation is 1. The van der Waals surface area contributed by atoms with Crippen molar-refractivity contribution >= 4 is 29.8 Å². The molecule has 1 N–H and O–H groups in total. The topological polar surface area (TPSA) is 125 Å². The Morgan fingerprint density at radius 1 is 1.45 bits per heavy atom. The van der Waals surface area contributed by atoms with E-state index in [1.165, 1.54) is 23.0 Å². The number of ether oxygens (including phenoxy) is 1. The number of nitro groups is 1. The van der Waals surface area contributed by atoms with Gasteiger partial charge >= 0.3 is 12.0 Å². The number of hydrogen-bond donors (Lipinski definition) is 1. The molecule has 0 aliphatic rings. The number of aromatic nitrogens is 2. The second kappa shape index (κ2) is 8.57. The number of carbonyl (C=O) groups is 1. The molecule has 150 valence electrons. The lowest BCUT2D eigenvalue weighted by Crippen LogP contribution is -2.18. The Morgan fingerprint density at radius 2 is 2.24 bits per heavy atom. The van der Waals surface area contributed by atoms with E-state index < -0.39 is 16.9 Å². The van der Waals surface area contributed by atoms with Gasteiger partial charge in [-0.2, -0.15) is 10.2 Å². The van der Waals surface area contributed by atoms with E-state index in [9.17, 15) is 14.9 Å². The zero-order valence-corrected chi connectivity index (χ0v) is 16.2. The molecule has 0 fully saturated rings. The molecule has 1 amide bonds. The zero-order chi connectivity index (χ0) is 21.0. The molecule has 0 atom stereocenters. The van der Waals surface area contributed by atoms with Crippen molar-refractivity contribution in [2.24, 2.45) is 5.10 Å². The van der Waals surface area contributed by atoms with E-state index >= 15 is 0 Å². The summed E-state index contributed by atoms with van der Waals surface area (Å²) in [6.45, 7) is 3.75. The predicted molar refractivity (Wildman–Crippen MR) is 105 cm³/mol. The molecule has 3 rings (SSSR count). The van der Waals surface area contributed by atoms with Gasteiger partial charge in [-0.3, -0.25) is 10.1 Å². The van der Waals surface area contributed by atoms with Gasteiger partial charge in [0.05, 0.1) is 24.6 Å². The van der Waals surface area contributed by atoms with Gasteiger partial charge in [-0.15, -0.1) is 0 Å². The maximum atomic E-state index is 11.4. The van der Waals surface area contributed by atoms with E-state index in [0.29, 0.717) is 22.0 Å². The molecule has 2 heterocycles. The summed E-state index contributed by atoms with van der Waals surface area (Å²) in [6, 6.07) is 8.06. The fraction of sp³-hybridized carbons (Fsp3) is 0.167. The van der Waals surface area contributed by atoms with Gasteiger partial charge in [0, 0.05) is 16.8 Å². The summed E-state index contributed by atoms with van der Waals surface area (Å²) in [5.74, 6) is -0.244. The van der Waals surface area contributed by atoms with Crippen LogP contribution in [-0.2, 0) is 4.74 Å². The van der Waals surface area contributed by atoms with Crippen molar-refractivity contribution in [1.82, 2.24) is 15.2 Å². The number of hydrogen-bond acceptors (Lipinski definition) is 7. The van der Waals surface area contributed by atoms with Gasteiger partial charge in [0.25, 0.3) is 0 Å². The number of halogens is 1. The molecule has 29 heavy (non-hydrogen) atoms. The Bertz CT molecular complexity index is 1090. The minimum Gasteiger partial charge on any atom is -0.449 e. The SMILES string of the molecule is CCOC(=O)N/N=C/c1cn(-c2ccc(C)c(Cl)c2)nc1-c1ccc([N+](=O)[O-])o1. The van der Waals surface area contributed by atoms with Gasteiger partial charge in [-0.25, -0.2) is 14.9 Å². The van der Waals surface area contributed by atoms with Gasteiger partial charge in [-0.1, -0.05) is 17.7 Å². The number of nitrogens with one attached hydrogen (secondary N) is 1. The van der Waals surface area contributed by atoms with Crippen LogP contribution in [0.1, 0.15) is 18.1 Å². The van der Waals surface area contributed by atoms with Crippen LogP contribution in [0.15, 0.2) is 46.0 Å². The monoisotopic (exact) mass is 417 g/mol. The minimum absolute atomic E-state index is 0.172. The van der Waals surface area contributed by atoms with E-state index in [2.05, 4.69) is 15.6 Å². The number of nitrogens with zero attached hydrogens (tertiary/aromatic N) is 4. The Morgan fingerprint density at radius 3 is 2.90 bits per heavy atom. The number of hydrazone groups is 1. The third-order valence-corrected chi connectivity index (χ3v) is 4.21. The number of benzene rings is 1. The molecule has 1 aromatic carbocycles. The molecule has 0 radical (unpaired) electrons. The standard InChI is InChI=1S/C18H16ClN5O5/c1-3-28-18(25)21-20-9-12-10-23(13-5-4-11(2)14(19)8-13)22-17(12)15-6-7-16(29-15)24(26)27/h4-10H,3H2,1-2H3,(H,21,25)/b20-9+. The number of carbonyl (C=O) groups excluding carboxylic acids is 1. The number of rotatable bonds is 6. The molecule has 0 unspecified atom stereocenters. The van der Waals surface area contributed by atoms with Gasteiger partial charge in [0.2, 0.25) is 0 Å². The molecule has 10 nitrogen and oxygen atoms in total. The van der Waals surface area contributed by atoms with E-state index in [0.717, 1.165) is 5.56 Å². The molecule has 0 spiro atoms. The van der Waals surface area contributed by atoms with E-state index in [1.807, 2.05) is 19.1 Å². The first-order valence-electron chi connectivity index (χ1n) is 8.45. The summed E-state index contributed by atoms with van der Waals surface area (Å²) in [4.78, 5) is 21.7. The van der Waals surface area contributed by atoms with E-state index in [-0.39, 0.29) is 12.4 Å². The molecule has 0 saturated heterocycles. The van der Waals surface area contributed by atoms with Crippen molar-refractivity contribution in [2.45, 2.75) is 13.8 Å². The summed E-state index contributed by atoms with van der Waals surface area (Å²) in [7, 11) is 0. The van der Waals surface area contributed by atoms with Crippen molar-refractivity contribution in [1.29, 1.82) is 0 Å². The molecule has 3 aromatic rings. The van der Waals surface area contributed by atoms with Crippen LogP contribution in [0.3, 0.4) is 0 Å². The average Bonchev–Trinajstić information content (AvgIpc) is 3.31. The van der Waals surface area contributed by atoms with Crippen molar-refractivity contribution in [3.05, 3.63) is 62.8 Å². The molecular formula is C18H16ClN5O5. The van der Waals surface area contributed by atoms with Crippen LogP contribution in [-0.4, -0.2) is 33.6 Å². The first-order chi connectivity index (χ1) is 13.9. The molecule has 0 aliphatic carbocycles. The minimum atomic E-state index is -0.711. The fourth-order valence-corrected chi connectivity index (χ4v) is 2.58. The lowest BCUT2D eigenvalue weighted by atomic mass is 10.2. The average molecular weight is 418 g/mol. The van der Waals surface area contributed by atoms with Crippen LogP contribution in [0.5, 0.6) is 0 Å². The first-order valence-corrected chi connectivity index (χ1v) is 8.83. The van der Waals surface area contributed by atoms with Gasteiger partial charge in [0.1, 0.15) is 10.6 Å². The van der Waals surface area contributed by atoms with Crippen molar-refractivity contribution in [3.63, 3.8) is 0 Å². The zero-order valence-electron chi connectivity index (χ0n) is 15.5. The van der Waals surface area contributed by atoms with Crippen molar-refractivity contribution < 1.29 is 18.9 Å². The lowest BCUT2D eigenvalue weighted by molar-refractivity contribution is -0.401. The lowest BCUT2D eigenvalue weighted by Gasteiger charge is -2.03. The highest BCUT2D eigenvalue weighted by Crippen LogP contribution is 2.28. The quantitative estimate of drug-likeness (QED) is 0.366. The van der Waals surface area contributed by atoms with Crippen molar-refractivity contribution in [2.75, 3.05) is 6.61 Å². The molecule has 2 aromatic heterocycles. The second-order valence-corrected chi connectivity index (χ2v) is 6.20. The fourth-order valence-electron chi connectivity index (χ4n) is 2.40. The highest BCUT2D eigenvalue weighted by atomic mass is 35.5. The highest BCUT2D eigenvalue weighted by molar-refractivity contribution is 6.31. The summed E-state index contributed by atoms with van der Waals surface area (Å²) >= 11 is 6.19. The van der Waals surface area contributed by atoms with Crippen LogP contribution in [0.25, 0.3) is 17.1 Å². The van der Waals surface area contributed by atoms with Crippen LogP contribution < -0.4 is 5.43 Å². The van der Waals surface area contributed by atoms with Crippen LogP contribution in [0.2, 0.25) is 5.02 Å². The second-order valence-electron chi connectivity index (χ2n) is 5.80. The summed E-state index contributed by atoms with van der Waals surface area (Å²) in [5.41, 5.74) is 4.53. The maximum absolute atomic E-state index is 11.4. The van der Waals surface area contributed by atoms with Crippen LogP contribution in [0.4, 0.5) is 10.7 Å². The molecule has 0 saturated carbocycles. The number of furan rings is 1. The third kappa shape index (κ3) is 4.61. The van der Waals surface area contributed by atoms with Gasteiger partial charge < -0.3 is 9.15 Å². The Labute approximate surface area is 169 Å². The van der Waals surface area contributed by atoms with E-state index in [4.69, 9.17) is 20.8 Å². The Kier molecular flexibility index (Phi) is 5.93. The summed E-state index contributed by atoms with van der Waals surface area (Å²) in [5, 5.41) is 19.7. The van der Waals surface area contributed by atoms with Gasteiger partial charge in [-0.05, 0) is 37.6 Å². The predicted octanol–water partition coefficient (Wildman–Crippen LogP) is 4.08. The summed E-state index contributed by atoms with van der Waals surface area (Å²) in [6.07, 6.45) is 2.25. The molecule has 0 bridgehead atoms. The Balaban J connectivity index is 2.00. The van der Waals surface area contributed by atoms with E-state index in [1.54, 1.807) is 19.2 Å². The molecule has 11 heteroatoms. The largest absolute Gasteiger partial charge is 0.449 e. The normalized spacial score (nSPS) is 11.0.